The van der Waals surface area contributed by atoms with Crippen LogP contribution in [0.1, 0.15) is 26.2 Å². The summed E-state index contributed by atoms with van der Waals surface area (Å²) in [6.45, 7) is 3.47. The lowest BCUT2D eigenvalue weighted by Gasteiger charge is -2.15. The third-order valence-corrected chi connectivity index (χ3v) is 3.21. The van der Waals surface area contributed by atoms with Gasteiger partial charge in [0.2, 0.25) is 0 Å². The number of nitrogens with one attached hydrogen (secondary N) is 1. The summed E-state index contributed by atoms with van der Waals surface area (Å²) in [5.74, 6) is 1.86. The molecule has 1 aromatic rings. The minimum Gasteiger partial charge on any atom is -0.491 e. The predicted octanol–water partition coefficient (Wildman–Crippen LogP) is 3.31. The van der Waals surface area contributed by atoms with Crippen molar-refractivity contribution in [1.29, 1.82) is 0 Å². The molecule has 0 saturated heterocycles. The summed E-state index contributed by atoms with van der Waals surface area (Å²) >= 11 is 0. The quantitative estimate of drug-likeness (QED) is 0.717. The molecule has 18 heavy (non-hydrogen) atoms. The molecule has 1 aliphatic rings. The Hall–Kier alpha value is -1.22. The van der Waals surface area contributed by atoms with Gasteiger partial charge in [-0.2, -0.15) is 0 Å². The van der Waals surface area contributed by atoms with E-state index in [1.54, 1.807) is 7.11 Å². The molecule has 0 amide bonds. The Kier molecular flexibility index (Phi) is 4.88. The average molecular weight is 249 g/mol. The number of ether oxygens (including phenoxy) is 2. The molecule has 2 rings (SSSR count). The van der Waals surface area contributed by atoms with Crippen LogP contribution in [-0.2, 0) is 4.74 Å². The predicted molar refractivity (Wildman–Crippen MR) is 74.2 cm³/mol. The molecule has 0 heterocycles. The van der Waals surface area contributed by atoms with Gasteiger partial charge in [0.15, 0.2) is 0 Å². The van der Waals surface area contributed by atoms with Crippen LogP contribution in [0.25, 0.3) is 0 Å². The van der Waals surface area contributed by atoms with E-state index in [1.807, 2.05) is 12.1 Å². The van der Waals surface area contributed by atoms with Crippen molar-refractivity contribution in [2.45, 2.75) is 32.2 Å². The second kappa shape index (κ2) is 6.64. The first-order valence-electron chi connectivity index (χ1n) is 6.76. The van der Waals surface area contributed by atoms with Crippen molar-refractivity contribution >= 4 is 5.69 Å². The van der Waals surface area contributed by atoms with Crippen molar-refractivity contribution in [3.05, 3.63) is 24.3 Å². The van der Waals surface area contributed by atoms with E-state index < -0.39 is 0 Å². The Morgan fingerprint density at radius 2 is 1.94 bits per heavy atom. The zero-order valence-corrected chi connectivity index (χ0v) is 11.3. The summed E-state index contributed by atoms with van der Waals surface area (Å²) < 4.78 is 10.5. The van der Waals surface area contributed by atoms with Crippen molar-refractivity contribution in [1.82, 2.24) is 0 Å². The van der Waals surface area contributed by atoms with Crippen molar-refractivity contribution in [3.63, 3.8) is 0 Å². The molecule has 1 atom stereocenters. The summed E-state index contributed by atoms with van der Waals surface area (Å²) in [6.07, 6.45) is 4.11. The van der Waals surface area contributed by atoms with Gasteiger partial charge in [-0.05, 0) is 43.5 Å². The van der Waals surface area contributed by atoms with E-state index in [0.29, 0.717) is 19.3 Å². The van der Waals surface area contributed by atoms with Gasteiger partial charge in [0.25, 0.3) is 0 Å². The molecule has 3 heteroatoms. The molecule has 0 radical (unpaired) electrons. The van der Waals surface area contributed by atoms with Gasteiger partial charge >= 0.3 is 0 Å². The van der Waals surface area contributed by atoms with Crippen molar-refractivity contribution in [3.8, 4) is 5.75 Å². The highest BCUT2D eigenvalue weighted by molar-refractivity contribution is 5.46. The molecular formula is C15H23NO2. The van der Waals surface area contributed by atoms with Crippen LogP contribution in [0.4, 0.5) is 5.69 Å². The zero-order valence-electron chi connectivity index (χ0n) is 11.3. The van der Waals surface area contributed by atoms with E-state index >= 15 is 0 Å². The molecule has 0 bridgehead atoms. The molecule has 0 aromatic heterocycles. The van der Waals surface area contributed by atoms with E-state index in [4.69, 9.17) is 9.47 Å². The molecule has 1 aromatic carbocycles. The topological polar surface area (TPSA) is 30.5 Å². The maximum Gasteiger partial charge on any atom is 0.119 e. The number of benzene rings is 1. The van der Waals surface area contributed by atoms with Gasteiger partial charge in [-0.25, -0.2) is 0 Å². The van der Waals surface area contributed by atoms with Crippen molar-refractivity contribution < 1.29 is 9.47 Å². The van der Waals surface area contributed by atoms with E-state index in [-0.39, 0.29) is 0 Å². The minimum absolute atomic E-state index is 0.553. The Balaban J connectivity index is 1.75. The second-order valence-corrected chi connectivity index (χ2v) is 5.09. The largest absolute Gasteiger partial charge is 0.491 e. The van der Waals surface area contributed by atoms with Gasteiger partial charge in [-0.1, -0.05) is 12.8 Å². The Morgan fingerprint density at radius 3 is 2.56 bits per heavy atom. The number of methoxy groups -OCH3 is 1. The molecule has 3 nitrogen and oxygen atoms in total. The monoisotopic (exact) mass is 249 g/mol. The van der Waals surface area contributed by atoms with E-state index in [1.165, 1.54) is 24.9 Å². The smallest absolute Gasteiger partial charge is 0.119 e. The van der Waals surface area contributed by atoms with Crippen LogP contribution >= 0.6 is 0 Å². The van der Waals surface area contributed by atoms with Gasteiger partial charge < -0.3 is 14.8 Å². The highest BCUT2D eigenvalue weighted by Gasteiger charge is 2.23. The summed E-state index contributed by atoms with van der Waals surface area (Å²) in [5, 5.41) is 3.53. The molecule has 1 saturated carbocycles. The normalized spacial score (nSPS) is 16.3. The third-order valence-electron chi connectivity index (χ3n) is 3.21. The lowest BCUT2D eigenvalue weighted by Crippen LogP contribution is -2.15. The Labute approximate surface area is 109 Å². The lowest BCUT2D eigenvalue weighted by atomic mass is 10.1. The minimum atomic E-state index is 0.553. The molecule has 1 aliphatic carbocycles. The van der Waals surface area contributed by atoms with E-state index in [9.17, 15) is 0 Å². The highest BCUT2D eigenvalue weighted by Crippen LogP contribution is 2.34. The average Bonchev–Trinajstić information content (AvgIpc) is 3.15. The molecule has 100 valence electrons. The van der Waals surface area contributed by atoms with Crippen LogP contribution in [0, 0.1) is 5.92 Å². The fourth-order valence-corrected chi connectivity index (χ4v) is 2.09. The van der Waals surface area contributed by atoms with Crippen LogP contribution in [-0.4, -0.2) is 26.4 Å². The van der Waals surface area contributed by atoms with Gasteiger partial charge in [0.05, 0.1) is 6.61 Å². The van der Waals surface area contributed by atoms with Gasteiger partial charge in [0.1, 0.15) is 12.4 Å². The maximum absolute atomic E-state index is 5.53. The van der Waals surface area contributed by atoms with E-state index in [2.05, 4.69) is 24.4 Å². The SMILES string of the molecule is COCCOc1ccc(NC(C)CC2CC2)cc1. The van der Waals surface area contributed by atoms with Gasteiger partial charge in [-0.3, -0.25) is 0 Å². The summed E-state index contributed by atoms with van der Waals surface area (Å²) in [5.41, 5.74) is 1.17. The standard InChI is InChI=1S/C15H23NO2/c1-12(11-13-3-4-13)16-14-5-7-15(8-6-14)18-10-9-17-2/h5-8,12-13,16H,3-4,9-11H2,1-2H3. The second-order valence-electron chi connectivity index (χ2n) is 5.09. The summed E-state index contributed by atoms with van der Waals surface area (Å²) in [4.78, 5) is 0. The molecule has 1 fully saturated rings. The summed E-state index contributed by atoms with van der Waals surface area (Å²) in [7, 11) is 1.68. The number of anilines is 1. The molecule has 0 aliphatic heterocycles. The van der Waals surface area contributed by atoms with Crippen LogP contribution in [0.5, 0.6) is 5.75 Å². The zero-order chi connectivity index (χ0) is 12.8. The van der Waals surface area contributed by atoms with E-state index in [0.717, 1.165) is 11.7 Å². The fourth-order valence-electron chi connectivity index (χ4n) is 2.09. The fraction of sp³-hybridized carbons (Fsp3) is 0.600. The first kappa shape index (κ1) is 13.2. The van der Waals surface area contributed by atoms with Crippen LogP contribution < -0.4 is 10.1 Å². The molecule has 0 spiro atoms. The lowest BCUT2D eigenvalue weighted by molar-refractivity contribution is 0.146. The van der Waals surface area contributed by atoms with Crippen LogP contribution in [0.3, 0.4) is 0 Å². The Bertz CT molecular complexity index is 346. The van der Waals surface area contributed by atoms with Crippen LogP contribution in [0.2, 0.25) is 0 Å². The third kappa shape index (κ3) is 4.57. The first-order chi connectivity index (χ1) is 8.78. The van der Waals surface area contributed by atoms with Gasteiger partial charge in [-0.15, -0.1) is 0 Å². The van der Waals surface area contributed by atoms with Crippen molar-refractivity contribution in [2.75, 3.05) is 25.6 Å². The number of rotatable bonds is 8. The summed E-state index contributed by atoms with van der Waals surface area (Å²) in [6, 6.07) is 8.71. The molecule has 1 N–H and O–H groups in total. The Morgan fingerprint density at radius 1 is 1.22 bits per heavy atom. The van der Waals surface area contributed by atoms with Crippen LogP contribution in [0.15, 0.2) is 24.3 Å². The first-order valence-corrected chi connectivity index (χ1v) is 6.76. The van der Waals surface area contributed by atoms with Crippen molar-refractivity contribution in [2.24, 2.45) is 5.92 Å². The maximum atomic E-state index is 5.53. The molecular weight excluding hydrogens is 226 g/mol. The number of hydrogen-bond acceptors (Lipinski definition) is 3. The number of hydrogen-bond donors (Lipinski definition) is 1. The highest BCUT2D eigenvalue weighted by atomic mass is 16.5. The molecule has 1 unspecified atom stereocenters. The van der Waals surface area contributed by atoms with Gasteiger partial charge in [0, 0.05) is 18.8 Å².